The first kappa shape index (κ1) is 15.1. The van der Waals surface area contributed by atoms with Gasteiger partial charge in [-0.3, -0.25) is 4.99 Å². The topological polar surface area (TPSA) is 30.8 Å². The molecule has 0 bridgehead atoms. The molecular weight excluding hydrogens is 286 g/mol. The van der Waals surface area contributed by atoms with Crippen molar-refractivity contribution in [2.45, 2.75) is 6.92 Å². The van der Waals surface area contributed by atoms with E-state index in [-0.39, 0.29) is 0 Å². The van der Waals surface area contributed by atoms with Crippen molar-refractivity contribution in [3.63, 3.8) is 0 Å². The lowest BCUT2D eigenvalue weighted by Gasteiger charge is -2.10. The largest absolute Gasteiger partial charge is 0.494 e. The summed E-state index contributed by atoms with van der Waals surface area (Å²) >= 11 is 0. The van der Waals surface area contributed by atoms with Crippen molar-refractivity contribution in [3.8, 4) is 11.5 Å². The number of ether oxygens (including phenoxy) is 2. The van der Waals surface area contributed by atoms with Gasteiger partial charge in [-0.05, 0) is 35.9 Å². The molecule has 0 aliphatic rings. The number of hydrogen-bond acceptors (Lipinski definition) is 3. The van der Waals surface area contributed by atoms with E-state index in [2.05, 4.69) is 23.2 Å². The van der Waals surface area contributed by atoms with Gasteiger partial charge in [0.2, 0.25) is 0 Å². The Labute approximate surface area is 136 Å². The highest BCUT2D eigenvalue weighted by molar-refractivity contribution is 6.03. The summed E-state index contributed by atoms with van der Waals surface area (Å²) in [6.45, 7) is 2.60. The van der Waals surface area contributed by atoms with Crippen LogP contribution in [-0.2, 0) is 0 Å². The minimum atomic E-state index is 0.619. The monoisotopic (exact) mass is 305 g/mol. The maximum atomic E-state index is 5.77. The summed E-state index contributed by atoms with van der Waals surface area (Å²) in [6, 6.07) is 20.0. The molecule has 3 aromatic rings. The molecule has 0 aliphatic carbocycles. The quantitative estimate of drug-likeness (QED) is 0.621. The lowest BCUT2D eigenvalue weighted by Crippen LogP contribution is -1.97. The Bertz CT molecular complexity index is 840. The third-order valence-electron chi connectivity index (χ3n) is 3.65. The Morgan fingerprint density at radius 1 is 0.913 bits per heavy atom. The van der Waals surface area contributed by atoms with Crippen LogP contribution in [0.25, 0.3) is 10.8 Å². The fraction of sp³-hybridized carbons (Fsp3) is 0.150. The number of nitrogens with zero attached hydrogens (tertiary/aromatic N) is 1. The zero-order valence-electron chi connectivity index (χ0n) is 13.3. The number of hydrogen-bond donors (Lipinski definition) is 0. The predicted molar refractivity (Wildman–Crippen MR) is 95.4 cm³/mol. The predicted octanol–water partition coefficient (Wildman–Crippen LogP) is 5.00. The van der Waals surface area contributed by atoms with Crippen molar-refractivity contribution >= 4 is 22.7 Å². The molecule has 0 amide bonds. The molecule has 3 aromatic carbocycles. The van der Waals surface area contributed by atoms with Crippen LogP contribution < -0.4 is 9.47 Å². The van der Waals surface area contributed by atoms with Gasteiger partial charge in [0.25, 0.3) is 0 Å². The summed E-state index contributed by atoms with van der Waals surface area (Å²) in [5.74, 6) is 1.59. The molecule has 23 heavy (non-hydrogen) atoms. The Morgan fingerprint density at radius 3 is 2.52 bits per heavy atom. The molecule has 3 nitrogen and oxygen atoms in total. The van der Waals surface area contributed by atoms with Gasteiger partial charge in [-0.15, -0.1) is 0 Å². The average molecular weight is 305 g/mol. The SMILES string of the molecule is CCOc1ccc2ccccc2c1/C=N/c1ccccc1OC. The van der Waals surface area contributed by atoms with Crippen LogP contribution in [0.4, 0.5) is 5.69 Å². The second-order valence-corrected chi connectivity index (χ2v) is 5.06. The Kier molecular flexibility index (Phi) is 4.57. The second-order valence-electron chi connectivity index (χ2n) is 5.06. The number of rotatable bonds is 5. The van der Waals surface area contributed by atoms with E-state index in [0.717, 1.165) is 33.5 Å². The average Bonchev–Trinajstić information content (AvgIpc) is 2.61. The molecule has 0 heterocycles. The summed E-state index contributed by atoms with van der Waals surface area (Å²) in [4.78, 5) is 4.61. The fourth-order valence-corrected chi connectivity index (χ4v) is 2.56. The molecule has 0 aliphatic heterocycles. The summed E-state index contributed by atoms with van der Waals surface area (Å²) in [5, 5.41) is 2.29. The lowest BCUT2D eigenvalue weighted by atomic mass is 10.0. The van der Waals surface area contributed by atoms with Gasteiger partial charge in [0, 0.05) is 11.8 Å². The molecule has 116 valence electrons. The molecule has 0 N–H and O–H groups in total. The smallest absolute Gasteiger partial charge is 0.144 e. The van der Waals surface area contributed by atoms with E-state index in [1.165, 1.54) is 0 Å². The standard InChI is InChI=1S/C20H19NO2/c1-3-23-19-13-12-15-8-4-5-9-16(15)17(19)14-21-18-10-6-7-11-20(18)22-2/h4-14H,3H2,1-2H3/b21-14+. The van der Waals surface area contributed by atoms with Crippen molar-refractivity contribution in [3.05, 3.63) is 66.2 Å². The maximum Gasteiger partial charge on any atom is 0.144 e. The molecule has 0 unspecified atom stereocenters. The van der Waals surface area contributed by atoms with Crippen LogP contribution in [-0.4, -0.2) is 19.9 Å². The van der Waals surface area contributed by atoms with Crippen molar-refractivity contribution in [1.29, 1.82) is 0 Å². The van der Waals surface area contributed by atoms with E-state index in [1.54, 1.807) is 7.11 Å². The van der Waals surface area contributed by atoms with E-state index in [1.807, 2.05) is 55.6 Å². The number of methoxy groups -OCH3 is 1. The van der Waals surface area contributed by atoms with Crippen LogP contribution in [0.1, 0.15) is 12.5 Å². The van der Waals surface area contributed by atoms with Gasteiger partial charge in [0.1, 0.15) is 17.2 Å². The van der Waals surface area contributed by atoms with Crippen LogP contribution in [0.15, 0.2) is 65.7 Å². The normalized spacial score (nSPS) is 11.0. The molecule has 0 saturated carbocycles. The third kappa shape index (κ3) is 3.19. The van der Waals surface area contributed by atoms with E-state index in [0.29, 0.717) is 6.61 Å². The van der Waals surface area contributed by atoms with E-state index in [9.17, 15) is 0 Å². The van der Waals surface area contributed by atoms with Crippen molar-refractivity contribution < 1.29 is 9.47 Å². The molecule has 0 aromatic heterocycles. The van der Waals surface area contributed by atoms with Gasteiger partial charge in [0.05, 0.1) is 13.7 Å². The zero-order chi connectivity index (χ0) is 16.1. The fourth-order valence-electron chi connectivity index (χ4n) is 2.56. The molecule has 0 saturated heterocycles. The Morgan fingerprint density at radius 2 is 1.70 bits per heavy atom. The number of benzene rings is 3. The summed E-state index contributed by atoms with van der Waals surface area (Å²) < 4.78 is 11.1. The van der Waals surface area contributed by atoms with Gasteiger partial charge < -0.3 is 9.47 Å². The van der Waals surface area contributed by atoms with Gasteiger partial charge >= 0.3 is 0 Å². The van der Waals surface area contributed by atoms with Crippen LogP contribution >= 0.6 is 0 Å². The molecule has 0 atom stereocenters. The van der Waals surface area contributed by atoms with Gasteiger partial charge in [-0.2, -0.15) is 0 Å². The molecule has 0 spiro atoms. The summed E-state index contributed by atoms with van der Waals surface area (Å²) in [6.07, 6.45) is 1.85. The molecule has 0 radical (unpaired) electrons. The number of fused-ring (bicyclic) bond motifs is 1. The summed E-state index contributed by atoms with van der Waals surface area (Å²) in [5.41, 5.74) is 1.78. The van der Waals surface area contributed by atoms with Crippen molar-refractivity contribution in [1.82, 2.24) is 0 Å². The molecular formula is C20H19NO2. The Balaban J connectivity index is 2.10. The van der Waals surface area contributed by atoms with Crippen LogP contribution in [0.2, 0.25) is 0 Å². The van der Waals surface area contributed by atoms with Gasteiger partial charge in [0.15, 0.2) is 0 Å². The minimum absolute atomic E-state index is 0.619. The lowest BCUT2D eigenvalue weighted by molar-refractivity contribution is 0.340. The highest BCUT2D eigenvalue weighted by Gasteiger charge is 2.07. The second kappa shape index (κ2) is 6.97. The van der Waals surface area contributed by atoms with Crippen LogP contribution in [0.5, 0.6) is 11.5 Å². The van der Waals surface area contributed by atoms with Crippen LogP contribution in [0, 0.1) is 0 Å². The van der Waals surface area contributed by atoms with E-state index in [4.69, 9.17) is 9.47 Å². The van der Waals surface area contributed by atoms with Crippen molar-refractivity contribution in [2.24, 2.45) is 4.99 Å². The molecule has 0 fully saturated rings. The Hall–Kier alpha value is -2.81. The summed E-state index contributed by atoms with van der Waals surface area (Å²) in [7, 11) is 1.65. The van der Waals surface area contributed by atoms with Gasteiger partial charge in [-0.1, -0.05) is 42.5 Å². The first-order valence-electron chi connectivity index (χ1n) is 7.65. The van der Waals surface area contributed by atoms with Gasteiger partial charge in [-0.25, -0.2) is 0 Å². The number of para-hydroxylation sites is 2. The highest BCUT2D eigenvalue weighted by atomic mass is 16.5. The maximum absolute atomic E-state index is 5.77. The van der Waals surface area contributed by atoms with Crippen LogP contribution in [0.3, 0.4) is 0 Å². The molecule has 3 heteroatoms. The van der Waals surface area contributed by atoms with Crippen molar-refractivity contribution in [2.75, 3.05) is 13.7 Å². The first-order valence-corrected chi connectivity index (χ1v) is 7.65. The van der Waals surface area contributed by atoms with E-state index >= 15 is 0 Å². The molecule has 3 rings (SSSR count). The minimum Gasteiger partial charge on any atom is -0.494 e. The highest BCUT2D eigenvalue weighted by Crippen LogP contribution is 2.30. The number of aliphatic imine (C=N–C) groups is 1. The van der Waals surface area contributed by atoms with E-state index < -0.39 is 0 Å². The first-order chi connectivity index (χ1) is 11.3. The zero-order valence-corrected chi connectivity index (χ0v) is 13.3. The third-order valence-corrected chi connectivity index (χ3v) is 3.65.